The zero-order valence-electron chi connectivity index (χ0n) is 6.88. The van der Waals surface area contributed by atoms with E-state index in [0.717, 1.165) is 6.54 Å². The van der Waals surface area contributed by atoms with Crippen molar-refractivity contribution in [3.63, 3.8) is 0 Å². The molecule has 2 unspecified atom stereocenters. The Morgan fingerprint density at radius 3 is 3.17 bits per heavy atom. The maximum atomic E-state index is 5.78. The average molecular weight is 160 g/mol. The zero-order valence-corrected chi connectivity index (χ0v) is 6.88. The van der Waals surface area contributed by atoms with Gasteiger partial charge in [-0.05, 0) is 18.1 Å². The van der Waals surface area contributed by atoms with Crippen LogP contribution < -0.4 is 11.1 Å². The fourth-order valence-corrected chi connectivity index (χ4v) is 2.36. The number of benzene rings is 1. The standard InChI is InChI=1S/C10H12N2/c11-6-10-5-9(10)12-8-4-2-1-3-7(8)10/h1-4,9,12H,5-6,11H2. The van der Waals surface area contributed by atoms with E-state index in [-0.39, 0.29) is 0 Å². The topological polar surface area (TPSA) is 38.0 Å². The number of anilines is 1. The molecule has 1 aromatic rings. The molecule has 12 heavy (non-hydrogen) atoms. The molecule has 1 fully saturated rings. The van der Waals surface area contributed by atoms with Gasteiger partial charge in [0.2, 0.25) is 0 Å². The van der Waals surface area contributed by atoms with Gasteiger partial charge in [-0.3, -0.25) is 0 Å². The van der Waals surface area contributed by atoms with Crippen molar-refractivity contribution in [1.29, 1.82) is 0 Å². The lowest BCUT2D eigenvalue weighted by Gasteiger charge is -2.09. The van der Waals surface area contributed by atoms with E-state index in [1.54, 1.807) is 0 Å². The van der Waals surface area contributed by atoms with Crippen molar-refractivity contribution in [1.82, 2.24) is 0 Å². The van der Waals surface area contributed by atoms with Gasteiger partial charge in [-0.1, -0.05) is 18.2 Å². The molecule has 3 rings (SSSR count). The van der Waals surface area contributed by atoms with Crippen molar-refractivity contribution in [3.05, 3.63) is 29.8 Å². The minimum Gasteiger partial charge on any atom is -0.381 e. The molecule has 2 nitrogen and oxygen atoms in total. The molecule has 1 aliphatic carbocycles. The van der Waals surface area contributed by atoms with E-state index in [1.807, 2.05) is 0 Å². The molecule has 1 saturated carbocycles. The minimum atomic E-state index is 0.302. The fraction of sp³-hybridized carbons (Fsp3) is 0.400. The highest BCUT2D eigenvalue weighted by atomic mass is 15.1. The smallest absolute Gasteiger partial charge is 0.0382 e. The van der Waals surface area contributed by atoms with Crippen LogP contribution in [0.5, 0.6) is 0 Å². The van der Waals surface area contributed by atoms with Crippen molar-refractivity contribution >= 4 is 5.69 Å². The van der Waals surface area contributed by atoms with Crippen molar-refractivity contribution < 1.29 is 0 Å². The first-order valence-corrected chi connectivity index (χ1v) is 4.43. The van der Waals surface area contributed by atoms with Gasteiger partial charge in [-0.2, -0.15) is 0 Å². The van der Waals surface area contributed by atoms with Crippen LogP contribution in [0.15, 0.2) is 24.3 Å². The number of nitrogens with one attached hydrogen (secondary N) is 1. The highest BCUT2D eigenvalue weighted by Gasteiger charge is 2.59. The first-order chi connectivity index (χ1) is 5.87. The zero-order chi connectivity index (χ0) is 8.18. The number of hydrogen-bond donors (Lipinski definition) is 2. The van der Waals surface area contributed by atoms with E-state index in [4.69, 9.17) is 5.73 Å². The van der Waals surface area contributed by atoms with Gasteiger partial charge in [0.05, 0.1) is 0 Å². The van der Waals surface area contributed by atoms with Gasteiger partial charge in [0, 0.05) is 23.7 Å². The monoisotopic (exact) mass is 160 g/mol. The number of rotatable bonds is 1. The number of hydrogen-bond acceptors (Lipinski definition) is 2. The van der Waals surface area contributed by atoms with Gasteiger partial charge in [-0.25, -0.2) is 0 Å². The molecular weight excluding hydrogens is 148 g/mol. The Bertz CT molecular complexity index is 330. The third-order valence-corrected chi connectivity index (χ3v) is 3.23. The first kappa shape index (κ1) is 6.49. The summed E-state index contributed by atoms with van der Waals surface area (Å²) in [7, 11) is 0. The first-order valence-electron chi connectivity index (χ1n) is 4.43. The maximum absolute atomic E-state index is 5.78. The molecule has 62 valence electrons. The van der Waals surface area contributed by atoms with Crippen molar-refractivity contribution in [3.8, 4) is 0 Å². The fourth-order valence-electron chi connectivity index (χ4n) is 2.36. The predicted octanol–water partition coefficient (Wildman–Crippen LogP) is 1.08. The number of para-hydroxylation sites is 1. The summed E-state index contributed by atoms with van der Waals surface area (Å²) in [5, 5.41) is 3.48. The van der Waals surface area contributed by atoms with Gasteiger partial charge in [-0.15, -0.1) is 0 Å². The summed E-state index contributed by atoms with van der Waals surface area (Å²) in [4.78, 5) is 0. The van der Waals surface area contributed by atoms with E-state index in [0.29, 0.717) is 11.5 Å². The summed E-state index contributed by atoms with van der Waals surface area (Å²) in [6.45, 7) is 0.779. The Hall–Kier alpha value is -1.02. The Kier molecular flexibility index (Phi) is 0.989. The van der Waals surface area contributed by atoms with E-state index in [1.165, 1.54) is 17.7 Å². The summed E-state index contributed by atoms with van der Waals surface area (Å²) in [5.74, 6) is 0. The SMILES string of the molecule is NCC12CC1Nc1ccccc12. The van der Waals surface area contributed by atoms with Gasteiger partial charge in [0.1, 0.15) is 0 Å². The molecule has 0 amide bonds. The van der Waals surface area contributed by atoms with Crippen LogP contribution >= 0.6 is 0 Å². The molecule has 1 heterocycles. The highest BCUT2D eigenvalue weighted by Crippen LogP contribution is 2.56. The summed E-state index contributed by atoms with van der Waals surface area (Å²) < 4.78 is 0. The third-order valence-electron chi connectivity index (χ3n) is 3.23. The molecule has 2 heteroatoms. The van der Waals surface area contributed by atoms with Crippen LogP contribution in [0.25, 0.3) is 0 Å². The predicted molar refractivity (Wildman–Crippen MR) is 49.2 cm³/mol. The van der Waals surface area contributed by atoms with Crippen molar-refractivity contribution in [2.45, 2.75) is 17.9 Å². The van der Waals surface area contributed by atoms with E-state index < -0.39 is 0 Å². The quantitative estimate of drug-likeness (QED) is 0.645. The molecular formula is C10H12N2. The lowest BCUT2D eigenvalue weighted by atomic mass is 9.96. The number of nitrogens with two attached hydrogens (primary N) is 1. The van der Waals surface area contributed by atoms with E-state index >= 15 is 0 Å². The molecule has 1 aliphatic heterocycles. The normalized spacial score (nSPS) is 35.2. The van der Waals surface area contributed by atoms with E-state index in [2.05, 4.69) is 29.6 Å². The van der Waals surface area contributed by atoms with Crippen LogP contribution in [-0.4, -0.2) is 12.6 Å². The molecule has 0 radical (unpaired) electrons. The third kappa shape index (κ3) is 0.559. The highest BCUT2D eigenvalue weighted by molar-refractivity contribution is 5.67. The van der Waals surface area contributed by atoms with Crippen molar-refractivity contribution in [2.24, 2.45) is 5.73 Å². The minimum absolute atomic E-state index is 0.302. The van der Waals surface area contributed by atoms with Gasteiger partial charge >= 0.3 is 0 Å². The van der Waals surface area contributed by atoms with Gasteiger partial charge in [0.25, 0.3) is 0 Å². The second kappa shape index (κ2) is 1.83. The molecule has 3 N–H and O–H groups in total. The lowest BCUT2D eigenvalue weighted by Crippen LogP contribution is -2.21. The second-order valence-electron chi connectivity index (χ2n) is 3.81. The average Bonchev–Trinajstić information content (AvgIpc) is 2.75. The van der Waals surface area contributed by atoms with Gasteiger partial charge in [0.15, 0.2) is 0 Å². The molecule has 2 aliphatic rings. The van der Waals surface area contributed by atoms with Crippen LogP contribution in [-0.2, 0) is 5.41 Å². The summed E-state index contributed by atoms with van der Waals surface area (Å²) in [6, 6.07) is 9.13. The van der Waals surface area contributed by atoms with Crippen molar-refractivity contribution in [2.75, 3.05) is 11.9 Å². The Morgan fingerprint density at radius 2 is 2.33 bits per heavy atom. The molecule has 2 atom stereocenters. The number of fused-ring (bicyclic) bond motifs is 3. The van der Waals surface area contributed by atoms with Gasteiger partial charge < -0.3 is 11.1 Å². The Labute approximate surface area is 71.8 Å². The molecule has 0 saturated heterocycles. The summed E-state index contributed by atoms with van der Waals surface area (Å²) in [5.41, 5.74) is 8.81. The molecule has 1 aromatic carbocycles. The van der Waals surface area contributed by atoms with Crippen LogP contribution in [0, 0.1) is 0 Å². The van der Waals surface area contributed by atoms with Crippen LogP contribution in [0.3, 0.4) is 0 Å². The Balaban J connectivity index is 2.16. The molecule has 0 aromatic heterocycles. The van der Waals surface area contributed by atoms with Crippen LogP contribution in [0.2, 0.25) is 0 Å². The van der Waals surface area contributed by atoms with Crippen LogP contribution in [0.1, 0.15) is 12.0 Å². The molecule has 0 bridgehead atoms. The molecule has 0 spiro atoms. The second-order valence-corrected chi connectivity index (χ2v) is 3.81. The largest absolute Gasteiger partial charge is 0.381 e. The lowest BCUT2D eigenvalue weighted by molar-refractivity contribution is 0.709. The Morgan fingerprint density at radius 1 is 1.50 bits per heavy atom. The maximum Gasteiger partial charge on any atom is 0.0382 e. The van der Waals surface area contributed by atoms with Crippen LogP contribution in [0.4, 0.5) is 5.69 Å². The van der Waals surface area contributed by atoms with E-state index in [9.17, 15) is 0 Å². The summed E-state index contributed by atoms with van der Waals surface area (Å²) in [6.07, 6.45) is 1.22. The summed E-state index contributed by atoms with van der Waals surface area (Å²) >= 11 is 0.